The normalized spacial score (nSPS) is 42.4. The first-order valence-electron chi connectivity index (χ1n) is 2.98. The van der Waals surface area contributed by atoms with Crippen LogP contribution in [0.4, 0.5) is 17.6 Å². The first-order chi connectivity index (χ1) is 4.80. The molecule has 0 bridgehead atoms. The number of rotatable bonds is 0. The molecule has 5 heteroatoms. The van der Waals surface area contributed by atoms with Gasteiger partial charge in [0.1, 0.15) is 0 Å². The molecule has 0 aromatic carbocycles. The van der Waals surface area contributed by atoms with E-state index in [1.165, 1.54) is 9.24 Å². The minimum Gasteiger partial charge on any atom is -0.236 e. The first kappa shape index (κ1) is 8.98. The van der Waals surface area contributed by atoms with Crippen LogP contribution in [0.1, 0.15) is 6.92 Å². The SMILES string of the molecule is CC1=CC(F)C(F)(F)C1(F)P. The maximum atomic E-state index is 12.9. The van der Waals surface area contributed by atoms with Crippen LogP contribution in [-0.4, -0.2) is 17.5 Å². The molecule has 1 aliphatic rings. The number of halogens is 4. The Bertz CT molecular complexity index is 209. The van der Waals surface area contributed by atoms with Gasteiger partial charge in [0, 0.05) is 0 Å². The lowest BCUT2D eigenvalue weighted by Gasteiger charge is -2.25. The third kappa shape index (κ3) is 0.994. The third-order valence-electron chi connectivity index (χ3n) is 1.80. The lowest BCUT2D eigenvalue weighted by Crippen LogP contribution is -2.41. The van der Waals surface area contributed by atoms with Crippen molar-refractivity contribution in [3.8, 4) is 0 Å². The summed E-state index contributed by atoms with van der Waals surface area (Å²) in [5.41, 5.74) is -0.278. The number of alkyl halides is 4. The number of hydrogen-bond donors (Lipinski definition) is 0. The molecule has 0 spiro atoms. The summed E-state index contributed by atoms with van der Waals surface area (Å²) in [6.07, 6.45) is -1.91. The molecule has 64 valence electrons. The fourth-order valence-electron chi connectivity index (χ4n) is 0.909. The molecule has 3 unspecified atom stereocenters. The van der Waals surface area contributed by atoms with Crippen molar-refractivity contribution in [2.75, 3.05) is 0 Å². The summed E-state index contributed by atoms with van der Waals surface area (Å²) in [6, 6.07) is 0. The van der Waals surface area contributed by atoms with Gasteiger partial charge in [0.2, 0.25) is 5.41 Å². The van der Waals surface area contributed by atoms with Crippen LogP contribution in [0.15, 0.2) is 11.6 Å². The van der Waals surface area contributed by atoms with Gasteiger partial charge in [-0.2, -0.15) is 8.78 Å². The average molecular weight is 186 g/mol. The molecule has 3 atom stereocenters. The smallest absolute Gasteiger partial charge is 0.236 e. The van der Waals surface area contributed by atoms with Gasteiger partial charge in [-0.25, -0.2) is 8.78 Å². The monoisotopic (exact) mass is 186 g/mol. The van der Waals surface area contributed by atoms with Crippen molar-refractivity contribution in [2.45, 2.75) is 24.4 Å². The second-order valence-electron chi connectivity index (χ2n) is 2.59. The maximum Gasteiger partial charge on any atom is 0.322 e. The van der Waals surface area contributed by atoms with E-state index in [1.807, 2.05) is 0 Å². The lowest BCUT2D eigenvalue weighted by atomic mass is 10.2. The van der Waals surface area contributed by atoms with Crippen molar-refractivity contribution in [1.82, 2.24) is 0 Å². The largest absolute Gasteiger partial charge is 0.322 e. The van der Waals surface area contributed by atoms with E-state index in [0.717, 1.165) is 6.92 Å². The van der Waals surface area contributed by atoms with E-state index >= 15 is 0 Å². The van der Waals surface area contributed by atoms with Crippen molar-refractivity contribution < 1.29 is 17.6 Å². The van der Waals surface area contributed by atoms with Crippen molar-refractivity contribution in [3.05, 3.63) is 11.6 Å². The van der Waals surface area contributed by atoms with E-state index in [0.29, 0.717) is 6.08 Å². The topological polar surface area (TPSA) is 0 Å². The van der Waals surface area contributed by atoms with Gasteiger partial charge in [0.25, 0.3) is 0 Å². The van der Waals surface area contributed by atoms with Gasteiger partial charge in [-0.1, -0.05) is 9.24 Å². The van der Waals surface area contributed by atoms with Crippen LogP contribution < -0.4 is 0 Å². The van der Waals surface area contributed by atoms with Gasteiger partial charge < -0.3 is 0 Å². The predicted molar refractivity (Wildman–Crippen MR) is 37.1 cm³/mol. The maximum absolute atomic E-state index is 12.9. The highest BCUT2D eigenvalue weighted by Gasteiger charge is 2.62. The number of hydrogen-bond acceptors (Lipinski definition) is 0. The molecule has 0 aromatic rings. The number of allylic oxidation sites excluding steroid dienone is 2. The molecular weight excluding hydrogens is 179 g/mol. The summed E-state index contributed by atoms with van der Waals surface area (Å²) < 4.78 is 50.4. The summed E-state index contributed by atoms with van der Waals surface area (Å²) >= 11 is 0. The Hall–Kier alpha value is -0.110. The van der Waals surface area contributed by atoms with E-state index in [-0.39, 0.29) is 5.57 Å². The molecule has 0 heterocycles. The fourth-order valence-corrected chi connectivity index (χ4v) is 1.16. The summed E-state index contributed by atoms with van der Waals surface area (Å²) in [6.45, 7) is 1.14. The van der Waals surface area contributed by atoms with Gasteiger partial charge >= 0.3 is 5.92 Å². The van der Waals surface area contributed by atoms with Crippen LogP contribution in [0.25, 0.3) is 0 Å². The van der Waals surface area contributed by atoms with E-state index in [4.69, 9.17) is 0 Å². The van der Waals surface area contributed by atoms with Gasteiger partial charge in [-0.15, -0.1) is 0 Å². The van der Waals surface area contributed by atoms with Crippen LogP contribution in [0.2, 0.25) is 0 Å². The van der Waals surface area contributed by atoms with Gasteiger partial charge in [-0.3, -0.25) is 0 Å². The van der Waals surface area contributed by atoms with E-state index in [1.54, 1.807) is 0 Å². The molecular formula is C6H7F4P. The van der Waals surface area contributed by atoms with E-state index in [2.05, 4.69) is 0 Å². The van der Waals surface area contributed by atoms with Crippen molar-refractivity contribution in [3.63, 3.8) is 0 Å². The molecule has 0 N–H and O–H groups in total. The predicted octanol–water partition coefficient (Wildman–Crippen LogP) is 2.46. The minimum atomic E-state index is -3.94. The molecule has 0 aliphatic heterocycles. The third-order valence-corrected chi connectivity index (χ3v) is 2.64. The van der Waals surface area contributed by atoms with E-state index in [9.17, 15) is 17.6 Å². The molecule has 0 nitrogen and oxygen atoms in total. The Morgan fingerprint density at radius 2 is 1.91 bits per heavy atom. The zero-order valence-electron chi connectivity index (χ0n) is 5.74. The molecule has 0 saturated heterocycles. The second kappa shape index (κ2) is 2.19. The van der Waals surface area contributed by atoms with Crippen LogP contribution in [-0.2, 0) is 0 Å². The molecule has 1 aliphatic carbocycles. The molecule has 1 rings (SSSR count). The summed E-state index contributed by atoms with van der Waals surface area (Å²) in [4.78, 5) is 0. The summed E-state index contributed by atoms with van der Waals surface area (Å²) in [5.74, 6) is -3.94. The zero-order valence-corrected chi connectivity index (χ0v) is 6.90. The first-order valence-corrected chi connectivity index (χ1v) is 3.56. The minimum absolute atomic E-state index is 0.278. The molecule has 0 saturated carbocycles. The molecule has 0 amide bonds. The molecule has 0 radical (unpaired) electrons. The molecule has 11 heavy (non-hydrogen) atoms. The van der Waals surface area contributed by atoms with Crippen molar-refractivity contribution >= 4 is 9.24 Å². The van der Waals surface area contributed by atoms with Crippen LogP contribution in [0, 0.1) is 0 Å². The Kier molecular flexibility index (Phi) is 1.79. The zero-order chi connectivity index (χ0) is 8.86. The summed E-state index contributed by atoms with van der Waals surface area (Å²) in [5, 5.41) is -2.91. The van der Waals surface area contributed by atoms with Crippen LogP contribution in [0.5, 0.6) is 0 Å². The second-order valence-corrected chi connectivity index (χ2v) is 3.38. The van der Waals surface area contributed by atoms with E-state index < -0.39 is 17.5 Å². The van der Waals surface area contributed by atoms with Gasteiger partial charge in [0.15, 0.2) is 6.17 Å². The highest BCUT2D eigenvalue weighted by molar-refractivity contribution is 7.19. The van der Waals surface area contributed by atoms with Crippen LogP contribution >= 0.6 is 9.24 Å². The van der Waals surface area contributed by atoms with Crippen molar-refractivity contribution in [1.29, 1.82) is 0 Å². The van der Waals surface area contributed by atoms with Crippen LogP contribution in [0.3, 0.4) is 0 Å². The Labute approximate surface area is 63.9 Å². The highest BCUT2D eigenvalue weighted by Crippen LogP contribution is 2.51. The Morgan fingerprint density at radius 3 is 2.00 bits per heavy atom. The quantitative estimate of drug-likeness (QED) is 0.309. The van der Waals surface area contributed by atoms with Gasteiger partial charge in [-0.05, 0) is 18.6 Å². The molecule has 0 aromatic heterocycles. The van der Waals surface area contributed by atoms with Gasteiger partial charge in [0.05, 0.1) is 0 Å². The lowest BCUT2D eigenvalue weighted by molar-refractivity contribution is -0.102. The fraction of sp³-hybridized carbons (Fsp3) is 0.667. The Balaban J connectivity index is 3.07. The highest BCUT2D eigenvalue weighted by atomic mass is 31.0. The standard InChI is InChI=1S/C6H7F4P/c1-3-2-4(7)5(8,9)6(3,10)11/h2,4H,11H2,1H3. The average Bonchev–Trinajstić information content (AvgIpc) is 1.95. The Morgan fingerprint density at radius 1 is 1.45 bits per heavy atom. The summed E-state index contributed by atoms with van der Waals surface area (Å²) in [7, 11) is 1.34. The van der Waals surface area contributed by atoms with Crippen molar-refractivity contribution in [2.24, 2.45) is 0 Å². The molecule has 0 fully saturated rings.